The molecule has 3 N–H and O–H groups in total. The van der Waals surface area contributed by atoms with Gasteiger partial charge in [-0.05, 0) is 116 Å². The zero-order valence-electron chi connectivity index (χ0n) is 36.6. The lowest BCUT2D eigenvalue weighted by Gasteiger charge is -2.41. The molecule has 16 heteroatoms. The average Bonchev–Trinajstić information content (AvgIpc) is 3.79. The molecule has 0 bridgehead atoms. The van der Waals surface area contributed by atoms with Gasteiger partial charge in [0.05, 0.1) is 33.6 Å². The first-order valence-corrected chi connectivity index (χ1v) is 21.6. The number of piperidine rings is 2. The molecule has 3 aliphatic heterocycles. The van der Waals surface area contributed by atoms with Gasteiger partial charge in [0.2, 0.25) is 0 Å². The molecule has 16 nitrogen and oxygen atoms in total. The second-order valence-corrected chi connectivity index (χ2v) is 17.6. The van der Waals surface area contributed by atoms with E-state index in [0.29, 0.717) is 116 Å². The number of methoxy groups -OCH3 is 1. The van der Waals surface area contributed by atoms with Crippen molar-refractivity contribution in [2.75, 3.05) is 96.5 Å². The zero-order valence-corrected chi connectivity index (χ0v) is 36.6. The second-order valence-electron chi connectivity index (χ2n) is 17.6. The molecule has 3 saturated heterocycles. The maximum Gasteiger partial charge on any atom is 0.273 e. The summed E-state index contributed by atoms with van der Waals surface area (Å²) >= 11 is 0. The lowest BCUT2D eigenvalue weighted by Crippen LogP contribution is -2.46. The van der Waals surface area contributed by atoms with Crippen LogP contribution in [-0.4, -0.2) is 129 Å². The first-order chi connectivity index (χ1) is 29.8. The molecule has 5 heterocycles. The van der Waals surface area contributed by atoms with Crippen molar-refractivity contribution in [3.05, 3.63) is 79.4 Å². The molecule has 0 aliphatic carbocycles. The van der Waals surface area contributed by atoms with Crippen LogP contribution in [0.15, 0.2) is 46.0 Å². The number of anilines is 2. The molecule has 62 heavy (non-hydrogen) atoms. The Morgan fingerprint density at radius 1 is 0.790 bits per heavy atom. The molecule has 2 amide bonds. The zero-order chi connectivity index (χ0) is 44.2. The van der Waals surface area contributed by atoms with Crippen molar-refractivity contribution in [3.63, 3.8) is 0 Å². The van der Waals surface area contributed by atoms with E-state index >= 15 is 0 Å². The summed E-state index contributed by atoms with van der Waals surface area (Å²) in [5.74, 6) is -0.474. The summed E-state index contributed by atoms with van der Waals surface area (Å²) in [6.07, 6.45) is 4.71. The molecule has 3 aliphatic rings. The van der Waals surface area contributed by atoms with Gasteiger partial charge >= 0.3 is 0 Å². The fourth-order valence-corrected chi connectivity index (χ4v) is 8.90. The number of fused-ring (bicyclic) bond motifs is 2. The fourth-order valence-electron chi connectivity index (χ4n) is 8.90. The van der Waals surface area contributed by atoms with Gasteiger partial charge in [0, 0.05) is 81.4 Å². The smallest absolute Gasteiger partial charge is 0.273 e. The van der Waals surface area contributed by atoms with Crippen molar-refractivity contribution in [1.29, 1.82) is 10.5 Å². The third-order valence-corrected chi connectivity index (χ3v) is 13.0. The van der Waals surface area contributed by atoms with Crippen LogP contribution in [0.4, 0.5) is 11.4 Å². The summed E-state index contributed by atoms with van der Waals surface area (Å²) < 4.78 is 13.9. The maximum absolute atomic E-state index is 14.4. The van der Waals surface area contributed by atoms with E-state index in [9.17, 15) is 29.7 Å². The number of hydrogen-bond donors (Lipinski definition) is 3. The van der Waals surface area contributed by atoms with Crippen LogP contribution in [0.1, 0.15) is 84.2 Å². The van der Waals surface area contributed by atoms with Crippen LogP contribution in [0.25, 0.3) is 21.8 Å². The van der Waals surface area contributed by atoms with Gasteiger partial charge in [0.1, 0.15) is 30.0 Å². The van der Waals surface area contributed by atoms with Gasteiger partial charge in [0.15, 0.2) is 0 Å². The first-order valence-electron chi connectivity index (χ1n) is 21.6. The largest absolute Gasteiger partial charge is 0.378 e. The molecule has 0 radical (unpaired) electrons. The van der Waals surface area contributed by atoms with Gasteiger partial charge in [-0.3, -0.25) is 23.7 Å². The number of carbonyl (C=O) groups excluding carboxylic acids is 2. The second kappa shape index (κ2) is 18.7. The molecule has 0 unspecified atom stereocenters. The minimum atomic E-state index is -0.721. The average molecular weight is 847 g/mol. The van der Waals surface area contributed by atoms with E-state index in [1.54, 1.807) is 43.5 Å². The maximum atomic E-state index is 14.4. The number of amides is 2. The number of nitriles is 2. The first kappa shape index (κ1) is 44.3. The number of aromatic amines is 1. The van der Waals surface area contributed by atoms with Gasteiger partial charge in [-0.15, -0.1) is 0 Å². The van der Waals surface area contributed by atoms with E-state index in [0.717, 1.165) is 19.6 Å². The SMILES string of the molecule is COC1(C)CCN(c2c(C#N)c(=O)n(COC3(C)CCN(c4c(C#N)c(=O)[nH]c5ccc(C(=O)NCCN(C)C)cc45)CC3)c3ccc(C(=O)NCCN4CCCC4)cc23)CC1. The van der Waals surface area contributed by atoms with Crippen molar-refractivity contribution < 1.29 is 19.1 Å². The fraction of sp³-hybridized carbons (Fsp3) is 0.522. The summed E-state index contributed by atoms with van der Waals surface area (Å²) in [5, 5.41) is 28.0. The monoisotopic (exact) mass is 846 g/mol. The van der Waals surface area contributed by atoms with Crippen molar-refractivity contribution in [3.8, 4) is 12.1 Å². The molecular formula is C46H58N10O6. The van der Waals surface area contributed by atoms with Crippen molar-refractivity contribution >= 4 is 45.0 Å². The number of nitrogens with zero attached hydrogens (tertiary/aromatic N) is 7. The Labute approximate surface area is 361 Å². The van der Waals surface area contributed by atoms with Crippen molar-refractivity contribution in [1.82, 2.24) is 30.0 Å². The van der Waals surface area contributed by atoms with E-state index < -0.39 is 16.7 Å². The molecule has 7 rings (SSSR count). The number of aromatic nitrogens is 2. The number of pyridine rings is 2. The van der Waals surface area contributed by atoms with Crippen LogP contribution < -0.4 is 31.6 Å². The summed E-state index contributed by atoms with van der Waals surface area (Å²) in [6, 6.07) is 14.6. The number of hydrogen-bond acceptors (Lipinski definition) is 12. The van der Waals surface area contributed by atoms with E-state index in [1.165, 1.54) is 17.4 Å². The molecule has 328 valence electrons. The Morgan fingerprint density at radius 3 is 1.95 bits per heavy atom. The quantitative estimate of drug-likeness (QED) is 0.167. The highest BCUT2D eigenvalue weighted by Crippen LogP contribution is 2.37. The molecule has 3 fully saturated rings. The highest BCUT2D eigenvalue weighted by molar-refractivity contribution is 6.03. The lowest BCUT2D eigenvalue weighted by molar-refractivity contribution is -0.0814. The molecule has 0 saturated carbocycles. The number of carbonyl (C=O) groups is 2. The normalized spacial score (nSPS) is 17.6. The summed E-state index contributed by atoms with van der Waals surface area (Å²) in [7, 11) is 5.55. The van der Waals surface area contributed by atoms with Crippen molar-refractivity contribution in [2.45, 2.75) is 70.3 Å². The number of nitrogens with one attached hydrogen (secondary N) is 3. The van der Waals surface area contributed by atoms with Gasteiger partial charge in [-0.25, -0.2) is 0 Å². The Kier molecular flexibility index (Phi) is 13.3. The number of likely N-dealkylation sites (N-methyl/N-ethyl adjacent to an activating group) is 1. The minimum Gasteiger partial charge on any atom is -0.378 e. The number of benzene rings is 2. The number of rotatable bonds is 14. The number of likely N-dealkylation sites (tertiary alicyclic amines) is 1. The third kappa shape index (κ3) is 9.34. The predicted molar refractivity (Wildman–Crippen MR) is 239 cm³/mol. The number of ether oxygens (including phenoxy) is 2. The van der Waals surface area contributed by atoms with Gasteiger partial charge < -0.3 is 44.7 Å². The van der Waals surface area contributed by atoms with Crippen LogP contribution in [0.3, 0.4) is 0 Å². The Hall–Kier alpha value is -5.78. The minimum absolute atomic E-state index is 0.00959. The van der Waals surface area contributed by atoms with Crippen LogP contribution in [0, 0.1) is 22.7 Å². The topological polar surface area (TPSA) is 192 Å². The van der Waals surface area contributed by atoms with Crippen LogP contribution >= 0.6 is 0 Å². The molecule has 0 atom stereocenters. The molecular weight excluding hydrogens is 789 g/mol. The molecule has 0 spiro atoms. The van der Waals surface area contributed by atoms with Gasteiger partial charge in [-0.1, -0.05) is 0 Å². The third-order valence-electron chi connectivity index (χ3n) is 13.0. The van der Waals surface area contributed by atoms with E-state index in [4.69, 9.17) is 9.47 Å². The Morgan fingerprint density at radius 2 is 1.35 bits per heavy atom. The summed E-state index contributed by atoms with van der Waals surface area (Å²) in [5.41, 5.74) is 0.828. The summed E-state index contributed by atoms with van der Waals surface area (Å²) in [6.45, 7) is 10.4. The Balaban J connectivity index is 1.15. The number of H-pyrrole nitrogens is 1. The molecule has 4 aromatic rings. The predicted octanol–water partition coefficient (Wildman–Crippen LogP) is 3.74. The Bertz CT molecular complexity index is 2530. The van der Waals surface area contributed by atoms with E-state index in [-0.39, 0.29) is 35.3 Å². The summed E-state index contributed by atoms with van der Waals surface area (Å²) in [4.78, 5) is 65.3. The van der Waals surface area contributed by atoms with Crippen LogP contribution in [0.2, 0.25) is 0 Å². The van der Waals surface area contributed by atoms with Crippen LogP contribution in [0.5, 0.6) is 0 Å². The van der Waals surface area contributed by atoms with Crippen LogP contribution in [-0.2, 0) is 16.2 Å². The van der Waals surface area contributed by atoms with Gasteiger partial charge in [0.25, 0.3) is 22.9 Å². The lowest BCUT2D eigenvalue weighted by atomic mass is 9.92. The van der Waals surface area contributed by atoms with E-state index in [2.05, 4.69) is 44.5 Å². The molecule has 2 aromatic heterocycles. The molecule has 2 aromatic carbocycles. The highest BCUT2D eigenvalue weighted by Gasteiger charge is 2.35. The van der Waals surface area contributed by atoms with E-state index in [1.807, 2.05) is 30.8 Å². The van der Waals surface area contributed by atoms with Gasteiger partial charge in [-0.2, -0.15) is 10.5 Å². The van der Waals surface area contributed by atoms with Crippen molar-refractivity contribution in [2.24, 2.45) is 0 Å². The highest BCUT2D eigenvalue weighted by atomic mass is 16.5. The standard InChI is InChI=1S/C46H58N10O6/c1-45(61-5)12-20-55(21-13-45)40-34-27-32(42(58)50-17-25-53-18-6-7-19-53)9-11-38(34)56(44(60)36(40)29-48)30-62-46(2)14-22-54(23-15-46)39-33-26-31(41(57)49-16-24-52(3)4)8-10-37(33)51-43(59)35(39)28-47/h8-11,26-27H,6-7,12-25,30H2,1-5H3,(H,49,57)(H,50,58)(H,51,59).